The summed E-state index contributed by atoms with van der Waals surface area (Å²) in [7, 11) is 0. The molecule has 1 heterocycles. The van der Waals surface area contributed by atoms with E-state index >= 15 is 0 Å². The van der Waals surface area contributed by atoms with Crippen molar-refractivity contribution >= 4 is 12.1 Å². The fourth-order valence-corrected chi connectivity index (χ4v) is 3.55. The molecule has 1 saturated heterocycles. The van der Waals surface area contributed by atoms with Gasteiger partial charge in [-0.2, -0.15) is 0 Å². The summed E-state index contributed by atoms with van der Waals surface area (Å²) in [5.41, 5.74) is -0.871. The zero-order valence-electron chi connectivity index (χ0n) is 15.3. The first-order chi connectivity index (χ1) is 10.2. The lowest BCUT2D eigenvalue weighted by atomic mass is 9.86. The van der Waals surface area contributed by atoms with E-state index in [0.29, 0.717) is 13.1 Å². The number of carboxylic acid groups (broad SMARTS) is 1. The van der Waals surface area contributed by atoms with E-state index in [4.69, 9.17) is 4.74 Å². The van der Waals surface area contributed by atoms with Crippen LogP contribution in [0.1, 0.15) is 54.9 Å². The predicted octanol–water partition coefficient (Wildman–Crippen LogP) is 2.47. The minimum absolute atomic E-state index is 0.00889. The van der Waals surface area contributed by atoms with Crippen molar-refractivity contribution in [1.82, 2.24) is 10.2 Å². The molecule has 0 spiro atoms. The maximum atomic E-state index is 12.1. The molecule has 1 aliphatic carbocycles. The Balaban J connectivity index is 2.02. The smallest absolute Gasteiger partial charge is 0.410 e. The molecule has 6 heteroatoms. The molecule has 2 fully saturated rings. The van der Waals surface area contributed by atoms with Gasteiger partial charge in [0.1, 0.15) is 5.60 Å². The van der Waals surface area contributed by atoms with E-state index in [0.717, 1.165) is 0 Å². The van der Waals surface area contributed by atoms with Gasteiger partial charge in [-0.1, -0.05) is 27.7 Å². The van der Waals surface area contributed by atoms with Gasteiger partial charge in [-0.15, -0.1) is 0 Å². The number of likely N-dealkylation sites (tertiary alicyclic amines) is 1. The predicted molar refractivity (Wildman–Crippen MR) is 87.3 cm³/mol. The van der Waals surface area contributed by atoms with Crippen LogP contribution in [0.15, 0.2) is 0 Å². The van der Waals surface area contributed by atoms with Gasteiger partial charge in [-0.05, 0) is 31.6 Å². The number of nitrogens with zero attached hydrogens (tertiary/aromatic N) is 1. The molecular formula is C17H30N2O4. The minimum atomic E-state index is -0.849. The molecular weight excluding hydrogens is 296 g/mol. The van der Waals surface area contributed by atoms with Crippen LogP contribution in [0.3, 0.4) is 0 Å². The highest BCUT2D eigenvalue weighted by atomic mass is 16.6. The molecule has 0 aromatic carbocycles. The normalized spacial score (nSPS) is 24.7. The maximum absolute atomic E-state index is 12.1. The van der Waals surface area contributed by atoms with Crippen LogP contribution in [0.5, 0.6) is 0 Å². The number of ether oxygens (including phenoxy) is 1. The topological polar surface area (TPSA) is 78.9 Å². The van der Waals surface area contributed by atoms with Gasteiger partial charge < -0.3 is 20.1 Å². The molecule has 0 aromatic rings. The summed E-state index contributed by atoms with van der Waals surface area (Å²) in [6.45, 7) is 14.9. The first-order valence-corrected chi connectivity index (χ1v) is 8.18. The first-order valence-electron chi connectivity index (χ1n) is 8.18. The lowest BCUT2D eigenvalue weighted by Gasteiger charge is -2.50. The molecule has 1 amide bonds. The van der Waals surface area contributed by atoms with Gasteiger partial charge >= 0.3 is 12.1 Å². The second-order valence-electron chi connectivity index (χ2n) is 9.21. The van der Waals surface area contributed by atoms with Gasteiger partial charge in [-0.25, -0.2) is 4.79 Å². The molecule has 0 aromatic heterocycles. The van der Waals surface area contributed by atoms with E-state index in [1.54, 1.807) is 4.90 Å². The number of carboxylic acids is 1. The zero-order chi connectivity index (χ0) is 17.8. The second-order valence-corrected chi connectivity index (χ2v) is 9.21. The first kappa shape index (κ1) is 18.0. The lowest BCUT2D eigenvalue weighted by Crippen LogP contribution is -2.72. The molecule has 0 radical (unpaired) electrons. The Morgan fingerprint density at radius 2 is 1.65 bits per heavy atom. The van der Waals surface area contributed by atoms with Crippen molar-refractivity contribution < 1.29 is 19.4 Å². The number of hydrogen-bond acceptors (Lipinski definition) is 4. The van der Waals surface area contributed by atoms with Gasteiger partial charge in [0, 0.05) is 19.1 Å². The van der Waals surface area contributed by atoms with Crippen molar-refractivity contribution in [2.24, 2.45) is 10.8 Å². The van der Waals surface area contributed by atoms with Gasteiger partial charge in [0.05, 0.1) is 12.0 Å². The molecule has 132 valence electrons. The molecule has 0 atom stereocenters. The Bertz CT molecular complexity index is 499. The largest absolute Gasteiger partial charge is 0.481 e. The molecule has 0 unspecified atom stereocenters. The Morgan fingerprint density at radius 3 is 2.00 bits per heavy atom. The highest BCUT2D eigenvalue weighted by Crippen LogP contribution is 2.63. The third kappa shape index (κ3) is 3.32. The van der Waals surface area contributed by atoms with E-state index in [1.165, 1.54) is 0 Å². The highest BCUT2D eigenvalue weighted by molar-refractivity contribution is 5.73. The standard InChI is InChI=1S/C17H30N2O4/c1-14(2,3)23-13(22)19-9-17(10-19,8-11(20)21)18-12-15(4,5)16(12,6)7/h12,18H,8-10H2,1-7H3,(H,20,21). The van der Waals surface area contributed by atoms with E-state index in [1.807, 2.05) is 20.8 Å². The number of rotatable bonds is 4. The SMILES string of the molecule is CC(C)(C)OC(=O)N1CC(CC(=O)O)(NC2C(C)(C)C2(C)C)C1. The minimum Gasteiger partial charge on any atom is -0.481 e. The number of amides is 1. The number of carbonyl (C=O) groups is 2. The Morgan fingerprint density at radius 1 is 1.17 bits per heavy atom. The fraction of sp³-hybridized carbons (Fsp3) is 0.882. The molecule has 0 bridgehead atoms. The van der Waals surface area contributed by atoms with Gasteiger partial charge in [-0.3, -0.25) is 4.79 Å². The number of nitrogens with one attached hydrogen (secondary N) is 1. The van der Waals surface area contributed by atoms with E-state index in [2.05, 4.69) is 33.0 Å². The van der Waals surface area contributed by atoms with E-state index < -0.39 is 17.1 Å². The van der Waals surface area contributed by atoms with Crippen LogP contribution in [0, 0.1) is 10.8 Å². The van der Waals surface area contributed by atoms with Crippen LogP contribution in [-0.2, 0) is 9.53 Å². The van der Waals surface area contributed by atoms with Crippen molar-refractivity contribution in [3.8, 4) is 0 Å². The Labute approximate surface area is 138 Å². The monoisotopic (exact) mass is 326 g/mol. The molecule has 23 heavy (non-hydrogen) atoms. The summed E-state index contributed by atoms with van der Waals surface area (Å²) >= 11 is 0. The van der Waals surface area contributed by atoms with Crippen LogP contribution in [0.4, 0.5) is 4.79 Å². The van der Waals surface area contributed by atoms with Crippen LogP contribution in [0.25, 0.3) is 0 Å². The van der Waals surface area contributed by atoms with Gasteiger partial charge in [0.25, 0.3) is 0 Å². The molecule has 1 saturated carbocycles. The van der Waals surface area contributed by atoms with Gasteiger partial charge in [0.15, 0.2) is 0 Å². The van der Waals surface area contributed by atoms with Crippen LogP contribution in [0.2, 0.25) is 0 Å². The van der Waals surface area contributed by atoms with E-state index in [-0.39, 0.29) is 29.4 Å². The van der Waals surface area contributed by atoms with Crippen molar-refractivity contribution in [2.75, 3.05) is 13.1 Å². The van der Waals surface area contributed by atoms with Crippen LogP contribution in [-0.4, -0.2) is 52.3 Å². The average Bonchev–Trinajstić information content (AvgIpc) is 2.64. The maximum Gasteiger partial charge on any atom is 0.410 e. The number of aliphatic carboxylic acids is 1. The second kappa shape index (κ2) is 5.10. The van der Waals surface area contributed by atoms with Crippen molar-refractivity contribution in [1.29, 1.82) is 0 Å². The summed E-state index contributed by atoms with van der Waals surface area (Å²) in [4.78, 5) is 24.9. The Hall–Kier alpha value is -1.30. The quantitative estimate of drug-likeness (QED) is 0.830. The fourth-order valence-electron chi connectivity index (χ4n) is 3.55. The van der Waals surface area contributed by atoms with Crippen LogP contribution < -0.4 is 5.32 Å². The number of hydrogen-bond donors (Lipinski definition) is 2. The molecule has 2 rings (SSSR count). The van der Waals surface area contributed by atoms with Crippen molar-refractivity contribution in [3.05, 3.63) is 0 Å². The summed E-state index contributed by atoms with van der Waals surface area (Å²) in [6.07, 6.45) is -0.371. The summed E-state index contributed by atoms with van der Waals surface area (Å²) in [5.74, 6) is -0.849. The lowest BCUT2D eigenvalue weighted by molar-refractivity contribution is -0.141. The average molecular weight is 326 g/mol. The summed E-state index contributed by atoms with van der Waals surface area (Å²) in [5, 5.41) is 12.8. The van der Waals surface area contributed by atoms with E-state index in [9.17, 15) is 14.7 Å². The molecule has 2 aliphatic rings. The molecule has 1 aliphatic heterocycles. The van der Waals surface area contributed by atoms with Gasteiger partial charge in [0.2, 0.25) is 0 Å². The zero-order valence-corrected chi connectivity index (χ0v) is 15.3. The molecule has 2 N–H and O–H groups in total. The number of carbonyl (C=O) groups excluding carboxylic acids is 1. The highest BCUT2D eigenvalue weighted by Gasteiger charge is 2.67. The molecule has 6 nitrogen and oxygen atoms in total. The van der Waals surface area contributed by atoms with Crippen molar-refractivity contribution in [2.45, 2.75) is 72.1 Å². The summed E-state index contributed by atoms with van der Waals surface area (Å²) < 4.78 is 5.35. The third-order valence-corrected chi connectivity index (χ3v) is 5.60. The Kier molecular flexibility index (Phi) is 4.00. The van der Waals surface area contributed by atoms with Crippen LogP contribution >= 0.6 is 0 Å². The van der Waals surface area contributed by atoms with Crippen molar-refractivity contribution in [3.63, 3.8) is 0 Å². The summed E-state index contributed by atoms with van der Waals surface area (Å²) in [6, 6.07) is 0.245. The third-order valence-electron chi connectivity index (χ3n) is 5.60.